The summed E-state index contributed by atoms with van der Waals surface area (Å²) in [6, 6.07) is 12.8. The number of hydrogen-bond acceptors (Lipinski definition) is 7. The SMILES string of the molecule is CSc1cccc(NC(=O)C2CCc3sc(NC(=O)c4ccc5c(c4)OCO5)nc32)c1. The number of ether oxygens (including phenoxy) is 2. The van der Waals surface area contributed by atoms with Crippen LogP contribution in [0.3, 0.4) is 0 Å². The van der Waals surface area contributed by atoms with Crippen LogP contribution in [0.15, 0.2) is 47.4 Å². The standard InChI is InChI=1S/C22H19N3O4S2/c1-30-14-4-2-3-13(10-14)23-21(27)15-6-8-18-19(15)24-22(31-18)25-20(26)12-5-7-16-17(9-12)29-11-28-16/h2-5,7,9-10,15H,6,8,11H2,1H3,(H,23,27)(H,24,25,26). The second kappa shape index (κ2) is 8.24. The molecule has 5 rings (SSSR count). The Labute approximate surface area is 187 Å². The van der Waals surface area contributed by atoms with Crippen LogP contribution in [0.4, 0.5) is 10.8 Å². The summed E-state index contributed by atoms with van der Waals surface area (Å²) < 4.78 is 10.6. The summed E-state index contributed by atoms with van der Waals surface area (Å²) in [6.07, 6.45) is 3.49. The van der Waals surface area contributed by atoms with E-state index in [9.17, 15) is 9.59 Å². The van der Waals surface area contributed by atoms with Gasteiger partial charge in [-0.25, -0.2) is 4.98 Å². The number of thiazole rings is 1. The molecule has 0 spiro atoms. The van der Waals surface area contributed by atoms with E-state index in [-0.39, 0.29) is 24.5 Å². The highest BCUT2D eigenvalue weighted by Gasteiger charge is 2.33. The minimum absolute atomic E-state index is 0.0732. The summed E-state index contributed by atoms with van der Waals surface area (Å²) in [5.74, 6) is 0.509. The largest absolute Gasteiger partial charge is 0.454 e. The molecule has 158 valence electrons. The highest BCUT2D eigenvalue weighted by atomic mass is 32.2. The second-order valence-corrected chi connectivity index (χ2v) is 9.13. The molecule has 0 radical (unpaired) electrons. The zero-order chi connectivity index (χ0) is 21.4. The first-order chi connectivity index (χ1) is 15.1. The molecule has 1 atom stereocenters. The van der Waals surface area contributed by atoms with Crippen molar-refractivity contribution in [3.05, 3.63) is 58.6 Å². The van der Waals surface area contributed by atoms with Crippen LogP contribution in [-0.4, -0.2) is 29.8 Å². The molecular formula is C22H19N3O4S2. The Balaban J connectivity index is 1.28. The fourth-order valence-electron chi connectivity index (χ4n) is 3.67. The predicted molar refractivity (Wildman–Crippen MR) is 121 cm³/mol. The van der Waals surface area contributed by atoms with Gasteiger partial charge in [0.1, 0.15) is 0 Å². The lowest BCUT2D eigenvalue weighted by atomic mass is 10.1. The number of rotatable bonds is 5. The van der Waals surface area contributed by atoms with Crippen molar-refractivity contribution in [1.29, 1.82) is 0 Å². The average Bonchev–Trinajstić information content (AvgIpc) is 3.48. The number of aromatic nitrogens is 1. The van der Waals surface area contributed by atoms with Gasteiger partial charge in [-0.2, -0.15) is 0 Å². The number of nitrogens with zero attached hydrogens (tertiary/aromatic N) is 1. The molecular weight excluding hydrogens is 434 g/mol. The number of hydrogen-bond donors (Lipinski definition) is 2. The molecule has 2 aliphatic rings. The van der Waals surface area contributed by atoms with Gasteiger partial charge in [0, 0.05) is 21.0 Å². The Morgan fingerprint density at radius 1 is 1.13 bits per heavy atom. The number of fused-ring (bicyclic) bond motifs is 2. The van der Waals surface area contributed by atoms with Crippen LogP contribution >= 0.6 is 23.1 Å². The van der Waals surface area contributed by atoms with Crippen LogP contribution < -0.4 is 20.1 Å². The van der Waals surface area contributed by atoms with Crippen LogP contribution in [0, 0.1) is 0 Å². The molecule has 3 aromatic rings. The second-order valence-electron chi connectivity index (χ2n) is 7.16. The summed E-state index contributed by atoms with van der Waals surface area (Å²) in [4.78, 5) is 32.2. The van der Waals surface area contributed by atoms with Crippen molar-refractivity contribution in [1.82, 2.24) is 4.98 Å². The third kappa shape index (κ3) is 3.98. The number of carbonyl (C=O) groups is 2. The van der Waals surface area contributed by atoms with Crippen LogP contribution in [0.25, 0.3) is 0 Å². The maximum absolute atomic E-state index is 12.9. The van der Waals surface area contributed by atoms with Crippen molar-refractivity contribution in [3.63, 3.8) is 0 Å². The fourth-order valence-corrected chi connectivity index (χ4v) is 5.17. The van der Waals surface area contributed by atoms with Crippen molar-refractivity contribution in [2.75, 3.05) is 23.7 Å². The van der Waals surface area contributed by atoms with E-state index in [2.05, 4.69) is 15.6 Å². The lowest BCUT2D eigenvalue weighted by Crippen LogP contribution is -2.20. The summed E-state index contributed by atoms with van der Waals surface area (Å²) >= 11 is 3.05. The lowest BCUT2D eigenvalue weighted by molar-refractivity contribution is -0.117. The molecule has 31 heavy (non-hydrogen) atoms. The quantitative estimate of drug-likeness (QED) is 0.553. The molecule has 1 aliphatic heterocycles. The van der Waals surface area contributed by atoms with Crippen molar-refractivity contribution in [2.45, 2.75) is 23.7 Å². The van der Waals surface area contributed by atoms with Gasteiger partial charge in [-0.3, -0.25) is 14.9 Å². The Bertz CT molecular complexity index is 1180. The maximum atomic E-state index is 12.9. The third-order valence-electron chi connectivity index (χ3n) is 5.23. The first-order valence-electron chi connectivity index (χ1n) is 9.76. The van der Waals surface area contributed by atoms with Crippen molar-refractivity contribution in [3.8, 4) is 11.5 Å². The molecule has 0 saturated carbocycles. The number of amides is 2. The van der Waals surface area contributed by atoms with Gasteiger partial charge in [0.2, 0.25) is 12.7 Å². The van der Waals surface area contributed by atoms with Gasteiger partial charge >= 0.3 is 0 Å². The van der Waals surface area contributed by atoms with Gasteiger partial charge in [-0.15, -0.1) is 23.1 Å². The Hall–Kier alpha value is -3.04. The first-order valence-corrected chi connectivity index (χ1v) is 11.8. The van der Waals surface area contributed by atoms with Gasteiger partial charge in [0.05, 0.1) is 11.6 Å². The van der Waals surface area contributed by atoms with Gasteiger partial charge in [-0.1, -0.05) is 6.07 Å². The van der Waals surface area contributed by atoms with Crippen LogP contribution in [0.5, 0.6) is 11.5 Å². The fraction of sp³-hybridized carbons (Fsp3) is 0.227. The van der Waals surface area contributed by atoms with E-state index in [1.54, 1.807) is 30.0 Å². The Morgan fingerprint density at radius 2 is 2.00 bits per heavy atom. The number of anilines is 2. The molecule has 0 fully saturated rings. The summed E-state index contributed by atoms with van der Waals surface area (Å²) in [6.45, 7) is 0.157. The Morgan fingerprint density at radius 3 is 2.87 bits per heavy atom. The Kier molecular flexibility index (Phi) is 5.29. The van der Waals surface area contributed by atoms with Crippen LogP contribution in [0.1, 0.15) is 33.3 Å². The number of benzene rings is 2. The molecule has 1 aliphatic carbocycles. The minimum Gasteiger partial charge on any atom is -0.454 e. The highest BCUT2D eigenvalue weighted by Crippen LogP contribution is 2.39. The molecule has 2 amide bonds. The number of carbonyl (C=O) groups excluding carboxylic acids is 2. The van der Waals surface area contributed by atoms with E-state index in [1.807, 2.05) is 30.5 Å². The topological polar surface area (TPSA) is 89.6 Å². The molecule has 9 heteroatoms. The van der Waals surface area contributed by atoms with Crippen LogP contribution in [0.2, 0.25) is 0 Å². The number of aryl methyl sites for hydroxylation is 1. The van der Waals surface area contributed by atoms with Crippen molar-refractivity contribution in [2.24, 2.45) is 0 Å². The third-order valence-corrected chi connectivity index (χ3v) is 7.00. The maximum Gasteiger partial charge on any atom is 0.257 e. The molecule has 0 bridgehead atoms. The number of thioether (sulfide) groups is 1. The van der Waals surface area contributed by atoms with E-state index < -0.39 is 0 Å². The molecule has 2 heterocycles. The zero-order valence-electron chi connectivity index (χ0n) is 16.6. The predicted octanol–water partition coefficient (Wildman–Crippen LogP) is 4.51. The summed E-state index contributed by atoms with van der Waals surface area (Å²) in [5, 5.41) is 6.33. The zero-order valence-corrected chi connectivity index (χ0v) is 18.3. The minimum atomic E-state index is -0.319. The number of nitrogens with one attached hydrogen (secondary N) is 2. The summed E-state index contributed by atoms with van der Waals surface area (Å²) in [5.41, 5.74) is 1.99. The molecule has 0 saturated heterocycles. The van der Waals surface area contributed by atoms with E-state index in [4.69, 9.17) is 9.47 Å². The smallest absolute Gasteiger partial charge is 0.257 e. The van der Waals surface area contributed by atoms with Gasteiger partial charge in [-0.05, 0) is 55.5 Å². The lowest BCUT2D eigenvalue weighted by Gasteiger charge is -2.11. The van der Waals surface area contributed by atoms with E-state index in [1.165, 1.54) is 11.3 Å². The van der Waals surface area contributed by atoms with E-state index in [0.717, 1.165) is 34.0 Å². The highest BCUT2D eigenvalue weighted by molar-refractivity contribution is 7.98. The van der Waals surface area contributed by atoms with Gasteiger partial charge in [0.25, 0.3) is 5.91 Å². The van der Waals surface area contributed by atoms with E-state index >= 15 is 0 Å². The molecule has 2 N–H and O–H groups in total. The molecule has 2 aromatic carbocycles. The monoisotopic (exact) mass is 453 g/mol. The van der Waals surface area contributed by atoms with Gasteiger partial charge in [0.15, 0.2) is 16.6 Å². The van der Waals surface area contributed by atoms with Crippen molar-refractivity contribution >= 4 is 45.7 Å². The normalized spacial score (nSPS) is 16.1. The molecule has 1 aromatic heterocycles. The molecule has 7 nitrogen and oxygen atoms in total. The van der Waals surface area contributed by atoms with Crippen LogP contribution in [-0.2, 0) is 11.2 Å². The molecule has 1 unspecified atom stereocenters. The van der Waals surface area contributed by atoms with Crippen molar-refractivity contribution < 1.29 is 19.1 Å². The van der Waals surface area contributed by atoms with E-state index in [0.29, 0.717) is 22.2 Å². The average molecular weight is 454 g/mol. The first kappa shape index (κ1) is 19.9. The summed E-state index contributed by atoms with van der Waals surface area (Å²) in [7, 11) is 0. The van der Waals surface area contributed by atoms with Gasteiger partial charge < -0.3 is 14.8 Å².